The molecule has 0 spiro atoms. The molecule has 0 aromatic carbocycles. The van der Waals surface area contributed by atoms with Crippen molar-refractivity contribution in [2.24, 2.45) is 5.92 Å². The zero-order valence-electron chi connectivity index (χ0n) is 14.7. The number of nitrogens with zero attached hydrogens (tertiary/aromatic N) is 3. The van der Waals surface area contributed by atoms with E-state index in [1.54, 1.807) is 0 Å². The van der Waals surface area contributed by atoms with Gasteiger partial charge in [-0.15, -0.1) is 0 Å². The van der Waals surface area contributed by atoms with Crippen LogP contribution in [-0.2, 0) is 4.74 Å². The molecule has 2 N–H and O–H groups in total. The molecule has 1 aliphatic heterocycles. The predicted molar refractivity (Wildman–Crippen MR) is 95.6 cm³/mol. The number of hydrogen-bond acceptors (Lipinski definition) is 6. The second kappa shape index (κ2) is 8.62. The first kappa shape index (κ1) is 17.4. The zero-order chi connectivity index (χ0) is 16.8. The van der Waals surface area contributed by atoms with Gasteiger partial charge in [0.1, 0.15) is 5.82 Å². The third-order valence-corrected chi connectivity index (χ3v) is 5.12. The Labute approximate surface area is 144 Å². The number of rotatable bonds is 7. The minimum absolute atomic E-state index is 0.0768. The Morgan fingerprint density at radius 2 is 2.08 bits per heavy atom. The van der Waals surface area contributed by atoms with E-state index in [9.17, 15) is 0 Å². The molecule has 3 rings (SSSR count). The molecule has 2 aliphatic rings. The van der Waals surface area contributed by atoms with Crippen LogP contribution in [-0.4, -0.2) is 55.0 Å². The zero-order valence-corrected chi connectivity index (χ0v) is 14.7. The summed E-state index contributed by atoms with van der Waals surface area (Å²) in [6.07, 6.45) is 7.77. The number of aromatic nitrogens is 2. The van der Waals surface area contributed by atoms with Crippen LogP contribution in [0.5, 0.6) is 0 Å². The Hall–Kier alpha value is -1.40. The Bertz CT molecular complexity index is 514. The molecule has 1 aromatic rings. The van der Waals surface area contributed by atoms with E-state index in [-0.39, 0.29) is 6.61 Å². The number of ether oxygens (including phenoxy) is 1. The summed E-state index contributed by atoms with van der Waals surface area (Å²) in [5, 5.41) is 12.2. The third kappa shape index (κ3) is 4.57. The lowest BCUT2D eigenvalue weighted by Gasteiger charge is -2.28. The molecule has 0 radical (unpaired) electrons. The molecule has 2 heterocycles. The molecule has 1 saturated heterocycles. The number of nitrogens with one attached hydrogen (secondary N) is 1. The van der Waals surface area contributed by atoms with Gasteiger partial charge in [-0.1, -0.05) is 19.3 Å². The van der Waals surface area contributed by atoms with Crippen molar-refractivity contribution in [1.82, 2.24) is 9.97 Å². The first-order valence-electron chi connectivity index (χ1n) is 9.29. The van der Waals surface area contributed by atoms with Crippen LogP contribution in [0.2, 0.25) is 0 Å². The van der Waals surface area contributed by atoms with Crippen molar-refractivity contribution in [2.75, 3.05) is 50.2 Å². The van der Waals surface area contributed by atoms with E-state index in [0.717, 1.165) is 43.6 Å². The van der Waals surface area contributed by atoms with E-state index in [1.165, 1.54) is 32.1 Å². The highest BCUT2D eigenvalue weighted by Crippen LogP contribution is 2.29. The van der Waals surface area contributed by atoms with E-state index in [0.29, 0.717) is 18.4 Å². The quantitative estimate of drug-likeness (QED) is 0.798. The van der Waals surface area contributed by atoms with Gasteiger partial charge in [-0.2, -0.15) is 4.98 Å². The first-order chi connectivity index (χ1) is 11.8. The molecule has 6 heteroatoms. The molecule has 24 heavy (non-hydrogen) atoms. The average Bonchev–Trinajstić information content (AvgIpc) is 3.15. The standard InChI is InChI=1S/C18H30N4O2/c1-22(12-14-5-3-2-4-6-14)17-11-16(15-7-10-24-13-15)20-18(21-17)19-8-9-23/h11,14-15,23H,2-10,12-13H2,1H3,(H,19,20,21). The Kier molecular flexibility index (Phi) is 6.26. The molecule has 6 nitrogen and oxygen atoms in total. The van der Waals surface area contributed by atoms with Gasteiger partial charge in [-0.3, -0.25) is 0 Å². The van der Waals surface area contributed by atoms with Crippen LogP contribution in [0.4, 0.5) is 11.8 Å². The van der Waals surface area contributed by atoms with Gasteiger partial charge in [-0.25, -0.2) is 4.98 Å². The predicted octanol–water partition coefficient (Wildman–Crippen LogP) is 2.40. The Balaban J connectivity index is 1.74. The second-order valence-electron chi connectivity index (χ2n) is 7.07. The summed E-state index contributed by atoms with van der Waals surface area (Å²) in [7, 11) is 2.13. The van der Waals surface area contributed by atoms with Crippen LogP contribution in [0, 0.1) is 5.92 Å². The van der Waals surface area contributed by atoms with Crippen molar-refractivity contribution in [3.63, 3.8) is 0 Å². The molecular weight excluding hydrogens is 304 g/mol. The van der Waals surface area contributed by atoms with Crippen LogP contribution in [0.25, 0.3) is 0 Å². The van der Waals surface area contributed by atoms with Gasteiger partial charge in [0.15, 0.2) is 0 Å². The molecule has 1 saturated carbocycles. The normalized spacial score (nSPS) is 21.8. The van der Waals surface area contributed by atoms with Crippen LogP contribution < -0.4 is 10.2 Å². The van der Waals surface area contributed by atoms with Crippen molar-refractivity contribution in [1.29, 1.82) is 0 Å². The highest BCUT2D eigenvalue weighted by Gasteiger charge is 2.22. The lowest BCUT2D eigenvalue weighted by atomic mass is 9.89. The van der Waals surface area contributed by atoms with Gasteiger partial charge in [-0.05, 0) is 25.2 Å². The molecule has 1 aromatic heterocycles. The highest BCUT2D eigenvalue weighted by molar-refractivity contribution is 5.45. The molecule has 134 valence electrons. The third-order valence-electron chi connectivity index (χ3n) is 5.12. The van der Waals surface area contributed by atoms with Crippen molar-refractivity contribution in [3.8, 4) is 0 Å². The van der Waals surface area contributed by atoms with Gasteiger partial charge in [0.25, 0.3) is 0 Å². The minimum atomic E-state index is 0.0768. The second-order valence-corrected chi connectivity index (χ2v) is 7.07. The topological polar surface area (TPSA) is 70.5 Å². The van der Waals surface area contributed by atoms with E-state index in [4.69, 9.17) is 9.84 Å². The van der Waals surface area contributed by atoms with Gasteiger partial charge in [0.2, 0.25) is 5.95 Å². The molecule has 0 amide bonds. The summed E-state index contributed by atoms with van der Waals surface area (Å²) in [5.74, 6) is 2.70. The molecular formula is C18H30N4O2. The fourth-order valence-electron chi connectivity index (χ4n) is 3.72. The van der Waals surface area contributed by atoms with Crippen LogP contribution in [0.3, 0.4) is 0 Å². The molecule has 1 atom stereocenters. The molecule has 1 aliphatic carbocycles. The maximum Gasteiger partial charge on any atom is 0.224 e. The van der Waals surface area contributed by atoms with E-state index >= 15 is 0 Å². The van der Waals surface area contributed by atoms with Gasteiger partial charge < -0.3 is 20.1 Å². The number of hydrogen-bond donors (Lipinski definition) is 2. The maximum absolute atomic E-state index is 9.05. The monoisotopic (exact) mass is 334 g/mol. The largest absolute Gasteiger partial charge is 0.395 e. The van der Waals surface area contributed by atoms with Gasteiger partial charge in [0, 0.05) is 38.7 Å². The van der Waals surface area contributed by atoms with Crippen molar-refractivity contribution >= 4 is 11.8 Å². The van der Waals surface area contributed by atoms with Gasteiger partial charge in [0.05, 0.1) is 18.9 Å². The van der Waals surface area contributed by atoms with Crippen molar-refractivity contribution < 1.29 is 9.84 Å². The first-order valence-corrected chi connectivity index (χ1v) is 9.29. The number of aliphatic hydroxyl groups excluding tert-OH is 1. The van der Waals surface area contributed by atoms with Crippen molar-refractivity contribution in [2.45, 2.75) is 44.4 Å². The minimum Gasteiger partial charge on any atom is -0.395 e. The number of anilines is 2. The van der Waals surface area contributed by atoms with Crippen LogP contribution >= 0.6 is 0 Å². The Morgan fingerprint density at radius 3 is 2.79 bits per heavy atom. The maximum atomic E-state index is 9.05. The fourth-order valence-corrected chi connectivity index (χ4v) is 3.72. The lowest BCUT2D eigenvalue weighted by molar-refractivity contribution is 0.193. The van der Waals surface area contributed by atoms with E-state index in [2.05, 4.69) is 33.3 Å². The summed E-state index contributed by atoms with van der Waals surface area (Å²) >= 11 is 0. The summed E-state index contributed by atoms with van der Waals surface area (Å²) in [4.78, 5) is 11.6. The van der Waals surface area contributed by atoms with Crippen LogP contribution in [0.1, 0.15) is 50.1 Å². The SMILES string of the molecule is CN(CC1CCCCC1)c1cc(C2CCOC2)nc(NCCO)n1. The summed E-state index contributed by atoms with van der Waals surface area (Å²) < 4.78 is 5.52. The summed E-state index contributed by atoms with van der Waals surface area (Å²) in [5.41, 5.74) is 1.05. The average molecular weight is 334 g/mol. The molecule has 2 fully saturated rings. The highest BCUT2D eigenvalue weighted by atomic mass is 16.5. The van der Waals surface area contributed by atoms with Gasteiger partial charge >= 0.3 is 0 Å². The summed E-state index contributed by atoms with van der Waals surface area (Å²) in [6, 6.07) is 2.12. The Morgan fingerprint density at radius 1 is 1.25 bits per heavy atom. The molecule has 1 unspecified atom stereocenters. The van der Waals surface area contributed by atoms with Crippen molar-refractivity contribution in [3.05, 3.63) is 11.8 Å². The fraction of sp³-hybridized carbons (Fsp3) is 0.778. The smallest absolute Gasteiger partial charge is 0.224 e. The lowest BCUT2D eigenvalue weighted by Crippen LogP contribution is -2.28. The number of aliphatic hydroxyl groups is 1. The van der Waals surface area contributed by atoms with E-state index in [1.807, 2.05) is 0 Å². The summed E-state index contributed by atoms with van der Waals surface area (Å²) in [6.45, 7) is 3.14. The molecule has 0 bridgehead atoms. The van der Waals surface area contributed by atoms with E-state index < -0.39 is 0 Å². The van der Waals surface area contributed by atoms with Crippen LogP contribution in [0.15, 0.2) is 6.07 Å².